The minimum atomic E-state index is -0.283. The van der Waals surface area contributed by atoms with Gasteiger partial charge in [0.1, 0.15) is 5.69 Å². The SMILES string of the molecule is CCOC(=O)c1c(C)[nH]c(-c2nc(NCCCN3CCOCC3)sc2C)c1C. The number of esters is 1. The zero-order chi connectivity index (χ0) is 20.1. The number of carbonyl (C=O) groups excluding carboxylic acids is 1. The van der Waals surface area contributed by atoms with Gasteiger partial charge in [0, 0.05) is 30.2 Å². The summed E-state index contributed by atoms with van der Waals surface area (Å²) in [5.74, 6) is -0.283. The Morgan fingerprint density at radius 3 is 2.79 bits per heavy atom. The molecule has 2 N–H and O–H groups in total. The van der Waals surface area contributed by atoms with E-state index in [0.717, 1.165) is 78.5 Å². The van der Waals surface area contributed by atoms with Crippen LogP contribution < -0.4 is 5.32 Å². The van der Waals surface area contributed by atoms with Gasteiger partial charge in [0.15, 0.2) is 5.13 Å². The van der Waals surface area contributed by atoms with Crippen LogP contribution in [0.1, 0.15) is 39.8 Å². The Labute approximate surface area is 170 Å². The van der Waals surface area contributed by atoms with Crippen LogP contribution in [0.4, 0.5) is 5.13 Å². The summed E-state index contributed by atoms with van der Waals surface area (Å²) < 4.78 is 10.6. The van der Waals surface area contributed by atoms with Crippen LogP contribution in [0, 0.1) is 20.8 Å². The number of rotatable bonds is 8. The monoisotopic (exact) mass is 406 g/mol. The maximum Gasteiger partial charge on any atom is 0.340 e. The van der Waals surface area contributed by atoms with Gasteiger partial charge in [0.25, 0.3) is 0 Å². The van der Waals surface area contributed by atoms with E-state index in [4.69, 9.17) is 14.5 Å². The molecule has 0 saturated carbocycles. The normalized spacial score (nSPS) is 15.0. The van der Waals surface area contributed by atoms with Crippen molar-refractivity contribution in [1.82, 2.24) is 14.9 Å². The molecule has 0 radical (unpaired) electrons. The van der Waals surface area contributed by atoms with E-state index in [1.54, 1.807) is 11.3 Å². The van der Waals surface area contributed by atoms with Crippen molar-refractivity contribution in [3.05, 3.63) is 21.7 Å². The predicted molar refractivity (Wildman–Crippen MR) is 112 cm³/mol. The summed E-state index contributed by atoms with van der Waals surface area (Å²) in [6, 6.07) is 0. The number of nitrogens with one attached hydrogen (secondary N) is 2. The van der Waals surface area contributed by atoms with Gasteiger partial charge in [-0.05, 0) is 46.2 Å². The van der Waals surface area contributed by atoms with E-state index >= 15 is 0 Å². The second-order valence-electron chi connectivity index (χ2n) is 7.00. The van der Waals surface area contributed by atoms with Crippen LogP contribution in [-0.4, -0.2) is 66.8 Å². The van der Waals surface area contributed by atoms with Gasteiger partial charge >= 0.3 is 5.97 Å². The highest BCUT2D eigenvalue weighted by Crippen LogP contribution is 2.34. The van der Waals surface area contributed by atoms with Gasteiger partial charge < -0.3 is 19.8 Å². The molecule has 8 heteroatoms. The molecule has 0 spiro atoms. The van der Waals surface area contributed by atoms with E-state index in [9.17, 15) is 4.79 Å². The molecule has 7 nitrogen and oxygen atoms in total. The number of hydrogen-bond acceptors (Lipinski definition) is 7. The first-order valence-corrected chi connectivity index (χ1v) is 10.7. The fourth-order valence-corrected chi connectivity index (χ4v) is 4.37. The van der Waals surface area contributed by atoms with E-state index in [1.807, 2.05) is 20.8 Å². The molecule has 1 saturated heterocycles. The Hall–Kier alpha value is -1.90. The fraction of sp³-hybridized carbons (Fsp3) is 0.600. The molecule has 1 aliphatic rings. The van der Waals surface area contributed by atoms with Crippen LogP contribution in [0.5, 0.6) is 0 Å². The van der Waals surface area contributed by atoms with Crippen LogP contribution >= 0.6 is 11.3 Å². The Balaban J connectivity index is 1.64. The van der Waals surface area contributed by atoms with Crippen molar-refractivity contribution >= 4 is 22.4 Å². The molecule has 3 rings (SSSR count). The van der Waals surface area contributed by atoms with E-state index in [2.05, 4.69) is 22.1 Å². The van der Waals surface area contributed by atoms with Gasteiger partial charge in [0.05, 0.1) is 31.1 Å². The molecule has 1 aliphatic heterocycles. The van der Waals surface area contributed by atoms with Crippen LogP contribution in [0.25, 0.3) is 11.4 Å². The number of H-pyrrole nitrogens is 1. The Morgan fingerprint density at radius 1 is 1.32 bits per heavy atom. The largest absolute Gasteiger partial charge is 0.462 e. The molecule has 154 valence electrons. The lowest BCUT2D eigenvalue weighted by Crippen LogP contribution is -2.37. The first-order chi connectivity index (χ1) is 13.5. The number of aryl methyl sites for hydroxylation is 2. The lowest BCUT2D eigenvalue weighted by atomic mass is 10.1. The minimum absolute atomic E-state index is 0.283. The fourth-order valence-electron chi connectivity index (χ4n) is 3.52. The third-order valence-electron chi connectivity index (χ3n) is 4.98. The van der Waals surface area contributed by atoms with Crippen molar-refractivity contribution in [3.63, 3.8) is 0 Å². The number of nitrogens with zero attached hydrogens (tertiary/aromatic N) is 2. The highest BCUT2D eigenvalue weighted by molar-refractivity contribution is 7.16. The molecule has 0 atom stereocenters. The molecule has 0 unspecified atom stereocenters. The summed E-state index contributed by atoms with van der Waals surface area (Å²) in [4.78, 5) is 23.9. The lowest BCUT2D eigenvalue weighted by molar-refractivity contribution is 0.0378. The zero-order valence-corrected chi connectivity index (χ0v) is 18.0. The average molecular weight is 407 g/mol. The number of thiazole rings is 1. The molecular weight excluding hydrogens is 376 g/mol. The smallest absolute Gasteiger partial charge is 0.340 e. The van der Waals surface area contributed by atoms with Gasteiger partial charge in [-0.3, -0.25) is 4.90 Å². The second-order valence-corrected chi connectivity index (χ2v) is 8.21. The number of morpholine rings is 1. The molecule has 0 amide bonds. The Bertz CT molecular complexity index is 809. The quantitative estimate of drug-likeness (QED) is 0.517. The lowest BCUT2D eigenvalue weighted by Gasteiger charge is -2.26. The molecule has 0 aromatic carbocycles. The van der Waals surface area contributed by atoms with Crippen LogP contribution in [0.3, 0.4) is 0 Å². The summed E-state index contributed by atoms with van der Waals surface area (Å²) in [5, 5.41) is 4.36. The van der Waals surface area contributed by atoms with E-state index in [1.165, 1.54) is 0 Å². The first-order valence-electron chi connectivity index (χ1n) is 9.89. The molecule has 28 heavy (non-hydrogen) atoms. The summed E-state index contributed by atoms with van der Waals surface area (Å²) in [6.07, 6.45) is 1.07. The van der Waals surface area contributed by atoms with Gasteiger partial charge in [-0.15, -0.1) is 11.3 Å². The highest BCUT2D eigenvalue weighted by atomic mass is 32.1. The van der Waals surface area contributed by atoms with Crippen LogP contribution in [-0.2, 0) is 9.47 Å². The maximum atomic E-state index is 12.2. The molecule has 2 aromatic rings. The number of aromatic nitrogens is 2. The number of anilines is 1. The van der Waals surface area contributed by atoms with Gasteiger partial charge in [0.2, 0.25) is 0 Å². The second kappa shape index (κ2) is 9.54. The summed E-state index contributed by atoms with van der Waals surface area (Å²) >= 11 is 1.65. The van der Waals surface area contributed by atoms with Gasteiger partial charge in [-0.25, -0.2) is 9.78 Å². The standard InChI is InChI=1S/C20H30N4O3S/c1-5-27-19(25)16-13(2)17(22-14(16)3)18-15(4)28-20(23-18)21-7-6-8-24-9-11-26-12-10-24/h22H,5-12H2,1-4H3,(H,21,23). The van der Waals surface area contributed by atoms with Crippen molar-refractivity contribution in [2.24, 2.45) is 0 Å². The van der Waals surface area contributed by atoms with E-state index in [-0.39, 0.29) is 5.97 Å². The van der Waals surface area contributed by atoms with Crippen LogP contribution in [0.15, 0.2) is 0 Å². The number of aromatic amines is 1. The zero-order valence-electron chi connectivity index (χ0n) is 17.2. The topological polar surface area (TPSA) is 79.5 Å². The maximum absolute atomic E-state index is 12.2. The Kier molecular flexibility index (Phi) is 7.09. The van der Waals surface area contributed by atoms with Crippen molar-refractivity contribution in [3.8, 4) is 11.4 Å². The van der Waals surface area contributed by atoms with Gasteiger partial charge in [-0.1, -0.05) is 0 Å². The molecule has 0 bridgehead atoms. The molecular formula is C20H30N4O3S. The van der Waals surface area contributed by atoms with Crippen molar-refractivity contribution in [2.75, 3.05) is 51.3 Å². The molecule has 3 heterocycles. The third kappa shape index (κ3) is 4.74. The van der Waals surface area contributed by atoms with E-state index in [0.29, 0.717) is 12.2 Å². The molecule has 2 aromatic heterocycles. The first kappa shape index (κ1) is 20.8. The number of carbonyl (C=O) groups is 1. The number of ether oxygens (including phenoxy) is 2. The summed E-state index contributed by atoms with van der Waals surface area (Å²) in [5.41, 5.74) is 4.12. The van der Waals surface area contributed by atoms with E-state index < -0.39 is 0 Å². The predicted octanol–water partition coefficient (Wildman–Crippen LogP) is 3.37. The minimum Gasteiger partial charge on any atom is -0.462 e. The van der Waals surface area contributed by atoms with Crippen molar-refractivity contribution < 1.29 is 14.3 Å². The molecule has 0 aliphatic carbocycles. The van der Waals surface area contributed by atoms with Crippen molar-refractivity contribution in [2.45, 2.75) is 34.1 Å². The third-order valence-corrected chi connectivity index (χ3v) is 5.91. The summed E-state index contributed by atoms with van der Waals surface area (Å²) in [6.45, 7) is 13.8. The number of hydrogen-bond donors (Lipinski definition) is 2. The average Bonchev–Trinajstić information content (AvgIpc) is 3.18. The van der Waals surface area contributed by atoms with Gasteiger partial charge in [-0.2, -0.15) is 0 Å². The summed E-state index contributed by atoms with van der Waals surface area (Å²) in [7, 11) is 0. The molecule has 1 fully saturated rings. The Morgan fingerprint density at radius 2 is 2.07 bits per heavy atom. The van der Waals surface area contributed by atoms with Crippen molar-refractivity contribution in [1.29, 1.82) is 0 Å². The van der Waals surface area contributed by atoms with Crippen LogP contribution in [0.2, 0.25) is 0 Å². The highest BCUT2D eigenvalue weighted by Gasteiger charge is 2.22.